The molecule has 3 aliphatic rings. The Balaban J connectivity index is 1.23. The number of allylic oxidation sites excluding steroid dienone is 1. The highest BCUT2D eigenvalue weighted by Crippen LogP contribution is 2.45. The molecule has 2 heterocycles. The van der Waals surface area contributed by atoms with E-state index in [0.29, 0.717) is 18.8 Å². The third kappa shape index (κ3) is 3.76. The number of carbonyl (C=O) groups is 2. The van der Waals surface area contributed by atoms with Crippen molar-refractivity contribution in [3.05, 3.63) is 72.3 Å². The van der Waals surface area contributed by atoms with Gasteiger partial charge in [0, 0.05) is 30.3 Å². The van der Waals surface area contributed by atoms with Gasteiger partial charge in [0.05, 0.1) is 0 Å². The molecule has 0 N–H and O–H groups in total. The lowest BCUT2D eigenvalue weighted by Crippen LogP contribution is -2.48. The molecule has 2 fully saturated rings. The summed E-state index contributed by atoms with van der Waals surface area (Å²) in [6, 6.07) is 17.1. The smallest absolute Gasteiger partial charge is 0.410 e. The zero-order valence-electron chi connectivity index (χ0n) is 18.5. The summed E-state index contributed by atoms with van der Waals surface area (Å²) in [5, 5.41) is 0. The summed E-state index contributed by atoms with van der Waals surface area (Å²) in [6.45, 7) is 4.09. The van der Waals surface area contributed by atoms with Crippen molar-refractivity contribution in [2.75, 3.05) is 6.61 Å². The first-order valence-corrected chi connectivity index (χ1v) is 11.9. The topological polar surface area (TPSA) is 46.6 Å². The maximum absolute atomic E-state index is 13.1. The van der Waals surface area contributed by atoms with E-state index in [4.69, 9.17) is 4.74 Å². The Morgan fingerprint density at radius 1 is 0.969 bits per heavy atom. The summed E-state index contributed by atoms with van der Waals surface area (Å²) < 4.78 is 5.93. The molecule has 1 amide bonds. The highest BCUT2D eigenvalue weighted by atomic mass is 16.6. The van der Waals surface area contributed by atoms with Crippen molar-refractivity contribution in [2.24, 2.45) is 5.92 Å². The van der Waals surface area contributed by atoms with E-state index in [1.807, 2.05) is 11.0 Å². The number of carbonyl (C=O) groups excluding carboxylic acids is 2. The van der Waals surface area contributed by atoms with Crippen molar-refractivity contribution >= 4 is 11.9 Å². The molecule has 0 spiro atoms. The zero-order valence-corrected chi connectivity index (χ0v) is 18.5. The molecule has 32 heavy (non-hydrogen) atoms. The summed E-state index contributed by atoms with van der Waals surface area (Å²) in [5.41, 5.74) is 4.93. The van der Waals surface area contributed by atoms with Crippen LogP contribution < -0.4 is 0 Å². The van der Waals surface area contributed by atoms with E-state index in [9.17, 15) is 9.59 Å². The normalized spacial score (nSPS) is 23.5. The minimum Gasteiger partial charge on any atom is -0.448 e. The molecule has 2 aromatic rings. The van der Waals surface area contributed by atoms with E-state index in [1.54, 1.807) is 0 Å². The molecule has 2 unspecified atom stereocenters. The van der Waals surface area contributed by atoms with Crippen molar-refractivity contribution in [1.82, 2.24) is 4.90 Å². The third-order valence-electron chi connectivity index (χ3n) is 7.57. The number of unbranched alkanes of at least 4 members (excludes halogenated alkanes) is 1. The second-order valence-electron chi connectivity index (χ2n) is 9.41. The Morgan fingerprint density at radius 3 is 2.16 bits per heavy atom. The van der Waals surface area contributed by atoms with Gasteiger partial charge in [0.25, 0.3) is 0 Å². The van der Waals surface area contributed by atoms with Crippen LogP contribution in [0.15, 0.2) is 61.2 Å². The molecule has 0 saturated carbocycles. The molecule has 1 aliphatic carbocycles. The van der Waals surface area contributed by atoms with Crippen LogP contribution in [0.2, 0.25) is 0 Å². The standard InChI is InChI=1S/C28H31NO3/c1-2-3-4-13-27(30)19-16-20-14-15-21(17-19)29(20)28(31)32-18-26-24-11-7-5-9-22(24)23-10-6-8-12-25(23)26/h2,5-12,19-21,26H,1,3-4,13-18H2. The number of rotatable bonds is 7. The number of hydrogen-bond donors (Lipinski definition) is 0. The number of piperidine rings is 1. The van der Waals surface area contributed by atoms with Crippen molar-refractivity contribution in [2.45, 2.75) is 62.9 Å². The van der Waals surface area contributed by atoms with Gasteiger partial charge in [-0.25, -0.2) is 4.79 Å². The average Bonchev–Trinajstić information content (AvgIpc) is 3.28. The molecule has 0 radical (unpaired) electrons. The van der Waals surface area contributed by atoms with Crippen LogP contribution in [0.25, 0.3) is 11.1 Å². The summed E-state index contributed by atoms with van der Waals surface area (Å²) in [4.78, 5) is 27.7. The molecule has 2 aromatic carbocycles. The second kappa shape index (κ2) is 8.93. The summed E-state index contributed by atoms with van der Waals surface area (Å²) in [7, 11) is 0. The number of fused-ring (bicyclic) bond motifs is 5. The predicted octanol–water partition coefficient (Wildman–Crippen LogP) is 6.10. The van der Waals surface area contributed by atoms with E-state index < -0.39 is 0 Å². The number of benzene rings is 2. The third-order valence-corrected chi connectivity index (χ3v) is 7.57. The minimum absolute atomic E-state index is 0.0768. The molecule has 4 nitrogen and oxygen atoms in total. The van der Waals surface area contributed by atoms with Crippen LogP contribution in [0.3, 0.4) is 0 Å². The van der Waals surface area contributed by atoms with Gasteiger partial charge in [-0.05, 0) is 60.8 Å². The number of hydrogen-bond acceptors (Lipinski definition) is 3. The van der Waals surface area contributed by atoms with Crippen LogP contribution in [-0.4, -0.2) is 35.5 Å². The van der Waals surface area contributed by atoms with Crippen LogP contribution in [0, 0.1) is 5.92 Å². The van der Waals surface area contributed by atoms with Crippen molar-refractivity contribution < 1.29 is 14.3 Å². The first kappa shape index (κ1) is 21.0. The van der Waals surface area contributed by atoms with Crippen LogP contribution in [0.5, 0.6) is 0 Å². The molecule has 2 bridgehead atoms. The molecular formula is C28H31NO3. The van der Waals surface area contributed by atoms with Crippen LogP contribution in [0.1, 0.15) is 62.0 Å². The Kier molecular flexibility index (Phi) is 5.86. The summed E-state index contributed by atoms with van der Waals surface area (Å²) >= 11 is 0. The van der Waals surface area contributed by atoms with Gasteiger partial charge in [-0.15, -0.1) is 6.58 Å². The monoisotopic (exact) mass is 429 g/mol. The first-order valence-electron chi connectivity index (χ1n) is 11.9. The minimum atomic E-state index is -0.211. The van der Waals surface area contributed by atoms with Crippen LogP contribution in [-0.2, 0) is 9.53 Å². The Hall–Kier alpha value is -2.88. The van der Waals surface area contributed by atoms with E-state index in [-0.39, 0.29) is 30.0 Å². The largest absolute Gasteiger partial charge is 0.448 e. The molecule has 166 valence electrons. The first-order chi connectivity index (χ1) is 15.7. The van der Waals surface area contributed by atoms with Gasteiger partial charge in [0.15, 0.2) is 0 Å². The molecule has 2 aliphatic heterocycles. The van der Waals surface area contributed by atoms with E-state index >= 15 is 0 Å². The number of Topliss-reactive ketones (excluding diaryl/α,β-unsaturated/α-hetero) is 1. The van der Waals surface area contributed by atoms with Gasteiger partial charge < -0.3 is 9.64 Å². The summed E-state index contributed by atoms with van der Waals surface area (Å²) in [5.74, 6) is 0.527. The van der Waals surface area contributed by atoms with Crippen molar-refractivity contribution in [3.8, 4) is 11.1 Å². The van der Waals surface area contributed by atoms with Gasteiger partial charge in [-0.2, -0.15) is 0 Å². The average molecular weight is 430 g/mol. The van der Waals surface area contributed by atoms with Gasteiger partial charge >= 0.3 is 6.09 Å². The Bertz CT molecular complexity index is 969. The highest BCUT2D eigenvalue weighted by molar-refractivity contribution is 5.82. The fraction of sp³-hybridized carbons (Fsp3) is 0.429. The number of nitrogens with zero attached hydrogens (tertiary/aromatic N) is 1. The van der Waals surface area contributed by atoms with E-state index in [0.717, 1.165) is 38.5 Å². The van der Waals surface area contributed by atoms with E-state index in [2.05, 4.69) is 55.1 Å². The molecule has 2 atom stereocenters. The lowest BCUT2D eigenvalue weighted by Gasteiger charge is -2.37. The molecule has 0 aromatic heterocycles. The van der Waals surface area contributed by atoms with Gasteiger partial charge in [0.2, 0.25) is 0 Å². The summed E-state index contributed by atoms with van der Waals surface area (Å²) in [6.07, 6.45) is 7.58. The lowest BCUT2D eigenvalue weighted by molar-refractivity contribution is -0.125. The number of ether oxygens (including phenoxy) is 1. The Morgan fingerprint density at radius 2 is 1.56 bits per heavy atom. The van der Waals surface area contributed by atoms with Gasteiger partial charge in [0.1, 0.15) is 12.4 Å². The van der Waals surface area contributed by atoms with Crippen LogP contribution in [0.4, 0.5) is 4.79 Å². The van der Waals surface area contributed by atoms with Gasteiger partial charge in [-0.1, -0.05) is 54.6 Å². The molecule has 2 saturated heterocycles. The fourth-order valence-corrected chi connectivity index (χ4v) is 6.03. The number of amides is 1. The number of ketones is 1. The molecular weight excluding hydrogens is 398 g/mol. The van der Waals surface area contributed by atoms with E-state index in [1.165, 1.54) is 22.3 Å². The quantitative estimate of drug-likeness (QED) is 0.394. The highest BCUT2D eigenvalue weighted by Gasteiger charge is 2.45. The maximum atomic E-state index is 13.1. The van der Waals surface area contributed by atoms with Crippen molar-refractivity contribution in [1.29, 1.82) is 0 Å². The fourth-order valence-electron chi connectivity index (χ4n) is 6.03. The van der Waals surface area contributed by atoms with Gasteiger partial charge in [-0.3, -0.25) is 4.79 Å². The zero-order chi connectivity index (χ0) is 22.1. The molecule has 4 heteroatoms. The van der Waals surface area contributed by atoms with Crippen LogP contribution >= 0.6 is 0 Å². The predicted molar refractivity (Wildman–Crippen MR) is 125 cm³/mol. The maximum Gasteiger partial charge on any atom is 0.410 e. The second-order valence-corrected chi connectivity index (χ2v) is 9.41. The lowest BCUT2D eigenvalue weighted by atomic mass is 9.86. The Labute approximate surface area is 190 Å². The molecule has 5 rings (SSSR count). The van der Waals surface area contributed by atoms with Crippen molar-refractivity contribution in [3.63, 3.8) is 0 Å². The SMILES string of the molecule is C=CCCCC(=O)C1CC2CCC(C1)N2C(=O)OCC1c2ccccc2-c2ccccc21.